The van der Waals surface area contributed by atoms with Crippen LogP contribution in [0.5, 0.6) is 0 Å². The third kappa shape index (κ3) is 4.68. The monoisotopic (exact) mass is 290 g/mol. The zero-order valence-corrected chi connectivity index (χ0v) is 11.5. The number of guanidine groups is 1. The molecule has 0 saturated heterocycles. The third-order valence-electron chi connectivity index (χ3n) is 2.96. The van der Waals surface area contributed by atoms with E-state index >= 15 is 0 Å². The van der Waals surface area contributed by atoms with Crippen molar-refractivity contribution in [2.24, 2.45) is 10.7 Å². The van der Waals surface area contributed by atoms with Crippen LogP contribution < -0.4 is 16.5 Å². The summed E-state index contributed by atoms with van der Waals surface area (Å²) in [4.78, 5) is 17.1. The maximum Gasteiger partial charge on any atom is 0.251 e. The number of nitrogens with zero attached hydrogens (tertiary/aromatic N) is 2. The first kappa shape index (κ1) is 14.6. The Morgan fingerprint density at radius 1 is 1.38 bits per heavy atom. The third-order valence-corrected chi connectivity index (χ3v) is 2.96. The largest absolute Gasteiger partial charge is 0.385 e. The Balaban J connectivity index is 1.66. The molecule has 0 radical (unpaired) electrons. The molecule has 0 bridgehead atoms. The lowest BCUT2D eigenvalue weighted by Gasteiger charge is -2.05. The van der Waals surface area contributed by atoms with Crippen LogP contribution in [0.15, 0.2) is 35.5 Å². The van der Waals surface area contributed by atoms with Crippen molar-refractivity contribution in [2.45, 2.75) is 12.8 Å². The number of nitrogens with one attached hydrogen (secondary N) is 3. The van der Waals surface area contributed by atoms with Gasteiger partial charge in [0.05, 0.1) is 0 Å². The van der Waals surface area contributed by atoms with Crippen molar-refractivity contribution in [1.29, 1.82) is 0 Å². The molecule has 0 atom stereocenters. The summed E-state index contributed by atoms with van der Waals surface area (Å²) in [6.45, 7) is 1.28. The molecular weight excluding hydrogens is 272 g/mol. The first-order valence-corrected chi connectivity index (χ1v) is 6.67. The molecule has 8 nitrogen and oxygen atoms in total. The van der Waals surface area contributed by atoms with Crippen LogP contribution in [-0.4, -0.2) is 29.1 Å². The minimum Gasteiger partial charge on any atom is -0.385 e. The summed E-state index contributed by atoms with van der Waals surface area (Å²) in [5.41, 5.74) is 9.29. The van der Waals surface area contributed by atoms with Crippen molar-refractivity contribution in [3.63, 3.8) is 0 Å². The van der Waals surface area contributed by atoms with Crippen molar-refractivity contribution < 1.29 is 5.03 Å². The lowest BCUT2D eigenvalue weighted by molar-refractivity contribution is -0.525. The normalized spacial score (nSPS) is 11.5. The molecule has 0 amide bonds. The second kappa shape index (κ2) is 7.13. The van der Waals surface area contributed by atoms with E-state index in [0.29, 0.717) is 6.54 Å². The van der Waals surface area contributed by atoms with E-state index in [4.69, 9.17) is 5.73 Å². The fourth-order valence-electron chi connectivity index (χ4n) is 1.96. The number of nitro groups is 1. The van der Waals surface area contributed by atoms with Crippen molar-refractivity contribution >= 4 is 22.5 Å². The Morgan fingerprint density at radius 2 is 2.24 bits per heavy atom. The standard InChI is InChI=1S/C13H18N6O2/c14-13(18-19(20)21)17-7-2-1-6-15-11-3-4-12-10(9-11)5-8-16-12/h3-5,8-9,15-16H,1-2,6-7H2,(H3,14,17,18). The smallest absolute Gasteiger partial charge is 0.251 e. The van der Waals surface area contributed by atoms with Gasteiger partial charge in [-0.05, 0) is 37.1 Å². The Labute approximate surface area is 121 Å². The number of H-pyrrole nitrogens is 1. The highest BCUT2D eigenvalue weighted by atomic mass is 16.7. The lowest BCUT2D eigenvalue weighted by Crippen LogP contribution is -2.36. The van der Waals surface area contributed by atoms with Gasteiger partial charge in [-0.15, -0.1) is 0 Å². The zero-order chi connectivity index (χ0) is 15.1. The van der Waals surface area contributed by atoms with Crippen LogP contribution >= 0.6 is 0 Å². The molecule has 1 aromatic carbocycles. The first-order chi connectivity index (χ1) is 10.1. The number of aromatic nitrogens is 1. The Hall–Kier alpha value is -2.77. The van der Waals surface area contributed by atoms with Crippen LogP contribution in [0.2, 0.25) is 0 Å². The minimum atomic E-state index is -0.725. The van der Waals surface area contributed by atoms with Gasteiger partial charge in [-0.2, -0.15) is 0 Å². The predicted molar refractivity (Wildman–Crippen MR) is 82.6 cm³/mol. The molecule has 0 unspecified atom stereocenters. The fourth-order valence-corrected chi connectivity index (χ4v) is 1.96. The first-order valence-electron chi connectivity index (χ1n) is 6.67. The van der Waals surface area contributed by atoms with Gasteiger partial charge in [0.25, 0.3) is 5.96 Å². The lowest BCUT2D eigenvalue weighted by atomic mass is 10.2. The number of benzene rings is 1. The highest BCUT2D eigenvalue weighted by molar-refractivity contribution is 5.82. The van der Waals surface area contributed by atoms with Gasteiger partial charge < -0.3 is 16.0 Å². The Kier molecular flexibility index (Phi) is 4.97. The van der Waals surface area contributed by atoms with Crippen LogP contribution in [0.25, 0.3) is 10.9 Å². The van der Waals surface area contributed by atoms with Gasteiger partial charge in [-0.3, -0.25) is 0 Å². The summed E-state index contributed by atoms with van der Waals surface area (Å²) in [7, 11) is 0. The number of anilines is 1. The summed E-state index contributed by atoms with van der Waals surface area (Å²) >= 11 is 0. The van der Waals surface area contributed by atoms with Crippen molar-refractivity contribution in [3.8, 4) is 0 Å². The molecule has 8 heteroatoms. The number of fused-ring (bicyclic) bond motifs is 1. The van der Waals surface area contributed by atoms with Crippen LogP contribution in [0, 0.1) is 10.1 Å². The van der Waals surface area contributed by atoms with E-state index in [2.05, 4.69) is 21.4 Å². The van der Waals surface area contributed by atoms with Gasteiger partial charge in [-0.25, -0.2) is 15.1 Å². The molecule has 2 rings (SSSR count). The average Bonchev–Trinajstić information content (AvgIpc) is 2.89. The highest BCUT2D eigenvalue weighted by Crippen LogP contribution is 2.17. The van der Waals surface area contributed by atoms with Crippen LogP contribution in [-0.2, 0) is 0 Å². The number of unbranched alkanes of at least 4 members (excludes halogenated alkanes) is 1. The summed E-state index contributed by atoms with van der Waals surface area (Å²) in [6, 6.07) is 8.17. The molecular formula is C13H18N6O2. The molecule has 0 spiro atoms. The zero-order valence-electron chi connectivity index (χ0n) is 11.5. The van der Waals surface area contributed by atoms with Gasteiger partial charge in [0.15, 0.2) is 5.03 Å². The van der Waals surface area contributed by atoms with Gasteiger partial charge in [0, 0.05) is 35.9 Å². The van der Waals surface area contributed by atoms with Crippen LogP contribution in [0.1, 0.15) is 12.8 Å². The topological polar surface area (TPSA) is 121 Å². The van der Waals surface area contributed by atoms with Crippen LogP contribution in [0.4, 0.5) is 5.69 Å². The van der Waals surface area contributed by atoms with Gasteiger partial charge >= 0.3 is 0 Å². The number of hydrazine groups is 1. The van der Waals surface area contributed by atoms with E-state index < -0.39 is 5.03 Å². The highest BCUT2D eigenvalue weighted by Gasteiger charge is 1.98. The second-order valence-corrected chi connectivity index (χ2v) is 4.55. The molecule has 0 aliphatic heterocycles. The molecule has 2 aromatic rings. The number of rotatable bonds is 7. The van der Waals surface area contributed by atoms with Gasteiger partial charge in [0.2, 0.25) is 0 Å². The van der Waals surface area contributed by atoms with E-state index in [0.717, 1.165) is 30.6 Å². The summed E-state index contributed by atoms with van der Waals surface area (Å²) in [5.74, 6) is -0.161. The summed E-state index contributed by atoms with van der Waals surface area (Å²) < 4.78 is 0. The molecule has 0 saturated carbocycles. The second-order valence-electron chi connectivity index (χ2n) is 4.55. The molecule has 0 aliphatic rings. The molecule has 5 N–H and O–H groups in total. The number of hydrogen-bond acceptors (Lipinski definition) is 4. The average molecular weight is 290 g/mol. The molecule has 21 heavy (non-hydrogen) atoms. The van der Waals surface area contributed by atoms with E-state index in [-0.39, 0.29) is 5.96 Å². The van der Waals surface area contributed by atoms with Crippen LogP contribution in [0.3, 0.4) is 0 Å². The van der Waals surface area contributed by atoms with E-state index in [9.17, 15) is 10.1 Å². The van der Waals surface area contributed by atoms with Gasteiger partial charge in [0.1, 0.15) is 0 Å². The summed E-state index contributed by atoms with van der Waals surface area (Å²) in [6.07, 6.45) is 3.62. The quantitative estimate of drug-likeness (QED) is 0.202. The molecule has 0 aliphatic carbocycles. The molecule has 112 valence electrons. The number of aromatic amines is 1. The molecule has 0 fully saturated rings. The van der Waals surface area contributed by atoms with Crippen molar-refractivity contribution in [3.05, 3.63) is 40.6 Å². The molecule has 1 heterocycles. The maximum atomic E-state index is 10.1. The van der Waals surface area contributed by atoms with Crippen molar-refractivity contribution in [2.75, 3.05) is 18.4 Å². The van der Waals surface area contributed by atoms with E-state index in [1.165, 1.54) is 5.39 Å². The number of nitrogens with two attached hydrogens (primary N) is 1. The van der Waals surface area contributed by atoms with E-state index in [1.807, 2.05) is 24.4 Å². The predicted octanol–water partition coefficient (Wildman–Crippen LogP) is 1.46. The Morgan fingerprint density at radius 3 is 3.05 bits per heavy atom. The SMILES string of the molecule is NC(=NCCCCNc1ccc2[nH]ccc2c1)N[N+](=O)[O-]. The fraction of sp³-hybridized carbons (Fsp3) is 0.308. The molecule has 1 aromatic heterocycles. The Bertz CT molecular complexity index is 636. The minimum absolute atomic E-state index is 0.161. The maximum absolute atomic E-state index is 10.1. The number of aliphatic imine (C=N–C) groups is 1. The number of hydrogen-bond donors (Lipinski definition) is 4. The van der Waals surface area contributed by atoms with Crippen molar-refractivity contribution in [1.82, 2.24) is 10.4 Å². The summed E-state index contributed by atoms with van der Waals surface area (Å²) in [5, 5.41) is 13.9. The van der Waals surface area contributed by atoms with Gasteiger partial charge in [-0.1, -0.05) is 5.43 Å². The van der Waals surface area contributed by atoms with E-state index in [1.54, 1.807) is 5.43 Å².